The predicted octanol–water partition coefficient (Wildman–Crippen LogP) is 3.23. The summed E-state index contributed by atoms with van der Waals surface area (Å²) in [7, 11) is 0. The molecule has 0 radical (unpaired) electrons. The lowest BCUT2D eigenvalue weighted by molar-refractivity contribution is -0.119. The normalized spacial score (nSPS) is 12.9. The molecule has 0 bridgehead atoms. The molecule has 0 unspecified atom stereocenters. The average molecular weight is 468 g/mol. The number of carbonyl (C=O) groups is 3. The number of esters is 1. The van der Waals surface area contributed by atoms with Gasteiger partial charge in [0.1, 0.15) is 10.6 Å². The first-order valence-corrected chi connectivity index (χ1v) is 11.6. The van der Waals surface area contributed by atoms with Gasteiger partial charge in [0.05, 0.1) is 17.5 Å². The van der Waals surface area contributed by atoms with Crippen molar-refractivity contribution in [1.82, 2.24) is 14.8 Å². The van der Waals surface area contributed by atoms with Crippen LogP contribution in [0.2, 0.25) is 0 Å². The van der Waals surface area contributed by atoms with Crippen LogP contribution in [0, 0.1) is 0 Å². The molecule has 3 heterocycles. The summed E-state index contributed by atoms with van der Waals surface area (Å²) in [5, 5.41) is 7.41. The van der Waals surface area contributed by atoms with E-state index < -0.39 is 24.4 Å². The number of primary amides is 1. The van der Waals surface area contributed by atoms with E-state index in [9.17, 15) is 14.4 Å². The van der Waals surface area contributed by atoms with Crippen LogP contribution in [0.3, 0.4) is 0 Å². The minimum Gasteiger partial charge on any atom is -0.452 e. The number of carbonyl (C=O) groups excluding carboxylic acids is 3. The number of hydrogen-bond donors (Lipinski definition) is 2. The van der Waals surface area contributed by atoms with E-state index in [-0.39, 0.29) is 11.5 Å². The molecule has 172 valence electrons. The molecule has 0 spiro atoms. The highest BCUT2D eigenvalue weighted by Crippen LogP contribution is 2.37. The number of nitrogens with zero attached hydrogens (tertiary/aromatic N) is 3. The van der Waals surface area contributed by atoms with Crippen molar-refractivity contribution in [3.63, 3.8) is 0 Å². The molecule has 10 heteroatoms. The van der Waals surface area contributed by atoms with Gasteiger partial charge in [0.2, 0.25) is 0 Å². The SMILES string of the molecule is CC(C)c1c(C(=O)OCC(=O)Nc2sc3c(c2C(N)=O)CCCC3)cnn1-c1ccccn1. The third-order valence-corrected chi connectivity index (χ3v) is 6.65. The third kappa shape index (κ3) is 4.65. The smallest absolute Gasteiger partial charge is 0.342 e. The fourth-order valence-corrected chi connectivity index (χ4v) is 5.33. The number of pyridine rings is 1. The number of ether oxygens (including phenoxy) is 1. The molecule has 1 aliphatic carbocycles. The van der Waals surface area contributed by atoms with E-state index in [1.165, 1.54) is 17.5 Å². The van der Waals surface area contributed by atoms with E-state index >= 15 is 0 Å². The van der Waals surface area contributed by atoms with Crippen LogP contribution in [0.15, 0.2) is 30.6 Å². The first kappa shape index (κ1) is 22.7. The number of rotatable bonds is 7. The van der Waals surface area contributed by atoms with Crippen LogP contribution in [0.5, 0.6) is 0 Å². The number of nitrogens with two attached hydrogens (primary N) is 1. The maximum atomic E-state index is 12.8. The zero-order valence-corrected chi connectivity index (χ0v) is 19.3. The molecule has 0 atom stereocenters. The highest BCUT2D eigenvalue weighted by Gasteiger charge is 2.26. The van der Waals surface area contributed by atoms with Gasteiger partial charge in [0.25, 0.3) is 11.8 Å². The monoisotopic (exact) mass is 467 g/mol. The Labute approximate surface area is 195 Å². The standard InChI is InChI=1S/C23H25N5O4S/c1-13(2)20-15(11-26-28(20)17-9-5-6-10-25-17)23(31)32-12-18(29)27-22-19(21(24)30)14-7-3-4-8-16(14)33-22/h5-6,9-11,13H,3-4,7-8,12H2,1-2H3,(H2,24,30)(H,27,29). The summed E-state index contributed by atoms with van der Waals surface area (Å²) in [6, 6.07) is 5.42. The fraction of sp³-hybridized carbons (Fsp3) is 0.348. The van der Waals surface area contributed by atoms with Gasteiger partial charge >= 0.3 is 5.97 Å². The summed E-state index contributed by atoms with van der Waals surface area (Å²) >= 11 is 1.36. The lowest BCUT2D eigenvalue weighted by Crippen LogP contribution is -2.23. The second kappa shape index (κ2) is 9.53. The van der Waals surface area contributed by atoms with Crippen LogP contribution in [0.1, 0.15) is 69.5 Å². The van der Waals surface area contributed by atoms with E-state index in [4.69, 9.17) is 10.5 Å². The first-order chi connectivity index (χ1) is 15.9. The van der Waals surface area contributed by atoms with E-state index in [1.807, 2.05) is 19.9 Å². The second-order valence-corrected chi connectivity index (χ2v) is 9.21. The number of thiophene rings is 1. The van der Waals surface area contributed by atoms with Gasteiger partial charge in [-0.25, -0.2) is 14.5 Å². The van der Waals surface area contributed by atoms with Crippen LogP contribution in [0.4, 0.5) is 5.00 Å². The molecule has 3 aromatic rings. The number of amides is 2. The summed E-state index contributed by atoms with van der Waals surface area (Å²) < 4.78 is 6.86. The van der Waals surface area contributed by atoms with Gasteiger partial charge < -0.3 is 15.8 Å². The molecule has 3 aromatic heterocycles. The molecule has 4 rings (SSSR count). The first-order valence-electron chi connectivity index (χ1n) is 10.8. The van der Waals surface area contributed by atoms with Crippen LogP contribution >= 0.6 is 11.3 Å². The van der Waals surface area contributed by atoms with E-state index in [0.717, 1.165) is 36.1 Å². The number of hydrogen-bond acceptors (Lipinski definition) is 7. The van der Waals surface area contributed by atoms with Crippen molar-refractivity contribution < 1.29 is 19.1 Å². The molecule has 0 saturated carbocycles. The van der Waals surface area contributed by atoms with Gasteiger partial charge in [0.15, 0.2) is 12.4 Å². The lowest BCUT2D eigenvalue weighted by Gasteiger charge is -2.12. The topological polar surface area (TPSA) is 129 Å². The summed E-state index contributed by atoms with van der Waals surface area (Å²) in [5.74, 6) is -1.21. The average Bonchev–Trinajstić information content (AvgIpc) is 3.40. The molecule has 0 aromatic carbocycles. The van der Waals surface area contributed by atoms with E-state index in [0.29, 0.717) is 22.1 Å². The van der Waals surface area contributed by atoms with Crippen molar-refractivity contribution >= 4 is 34.1 Å². The van der Waals surface area contributed by atoms with Crippen LogP contribution in [0.25, 0.3) is 5.82 Å². The Balaban J connectivity index is 1.47. The fourth-order valence-electron chi connectivity index (χ4n) is 4.02. The summed E-state index contributed by atoms with van der Waals surface area (Å²) in [6.07, 6.45) is 6.73. The minimum absolute atomic E-state index is 0.0403. The third-order valence-electron chi connectivity index (χ3n) is 5.44. The number of aryl methyl sites for hydroxylation is 1. The Bertz CT molecular complexity index is 1200. The van der Waals surface area contributed by atoms with Crippen LogP contribution in [-0.4, -0.2) is 39.2 Å². The zero-order valence-electron chi connectivity index (χ0n) is 18.5. The number of nitrogens with one attached hydrogen (secondary N) is 1. The molecular formula is C23H25N5O4S. The Morgan fingerprint density at radius 1 is 1.24 bits per heavy atom. The molecule has 9 nitrogen and oxygen atoms in total. The number of anilines is 1. The maximum absolute atomic E-state index is 12.8. The molecule has 33 heavy (non-hydrogen) atoms. The summed E-state index contributed by atoms with van der Waals surface area (Å²) in [6.45, 7) is 3.37. The maximum Gasteiger partial charge on any atom is 0.342 e. The highest BCUT2D eigenvalue weighted by atomic mass is 32.1. The predicted molar refractivity (Wildman–Crippen MR) is 124 cm³/mol. The van der Waals surface area contributed by atoms with Crippen LogP contribution in [-0.2, 0) is 22.4 Å². The van der Waals surface area contributed by atoms with Crippen molar-refractivity contribution in [3.8, 4) is 5.82 Å². The van der Waals surface area contributed by atoms with Gasteiger partial charge in [0, 0.05) is 11.1 Å². The quantitative estimate of drug-likeness (QED) is 0.513. The van der Waals surface area contributed by atoms with Crippen molar-refractivity contribution in [2.75, 3.05) is 11.9 Å². The number of aromatic nitrogens is 3. The molecule has 2 amide bonds. The largest absolute Gasteiger partial charge is 0.452 e. The molecular weight excluding hydrogens is 442 g/mol. The molecule has 0 saturated heterocycles. The van der Waals surface area contributed by atoms with Gasteiger partial charge in [-0.2, -0.15) is 5.10 Å². The van der Waals surface area contributed by atoms with Gasteiger partial charge in [-0.15, -0.1) is 11.3 Å². The van der Waals surface area contributed by atoms with Gasteiger partial charge in [-0.3, -0.25) is 9.59 Å². The zero-order chi connectivity index (χ0) is 23.5. The van der Waals surface area contributed by atoms with E-state index in [2.05, 4.69) is 15.4 Å². The minimum atomic E-state index is -0.656. The Morgan fingerprint density at radius 2 is 2.03 bits per heavy atom. The summed E-state index contributed by atoms with van der Waals surface area (Å²) in [5.41, 5.74) is 7.77. The molecule has 0 fully saturated rings. The highest BCUT2D eigenvalue weighted by molar-refractivity contribution is 7.17. The van der Waals surface area contributed by atoms with Crippen molar-refractivity contribution in [3.05, 3.63) is 57.9 Å². The second-order valence-electron chi connectivity index (χ2n) is 8.10. The Kier molecular flexibility index (Phi) is 6.55. The van der Waals surface area contributed by atoms with Crippen molar-refractivity contribution in [2.45, 2.75) is 45.4 Å². The Morgan fingerprint density at radius 3 is 2.73 bits per heavy atom. The lowest BCUT2D eigenvalue weighted by atomic mass is 9.95. The number of fused-ring (bicyclic) bond motifs is 1. The van der Waals surface area contributed by atoms with Gasteiger partial charge in [-0.1, -0.05) is 19.9 Å². The Hall–Kier alpha value is -3.53. The van der Waals surface area contributed by atoms with Crippen molar-refractivity contribution in [1.29, 1.82) is 0 Å². The van der Waals surface area contributed by atoms with E-state index in [1.54, 1.807) is 23.0 Å². The van der Waals surface area contributed by atoms with Crippen molar-refractivity contribution in [2.24, 2.45) is 5.73 Å². The molecule has 3 N–H and O–H groups in total. The van der Waals surface area contributed by atoms with Crippen LogP contribution < -0.4 is 11.1 Å². The van der Waals surface area contributed by atoms with Gasteiger partial charge in [-0.05, 0) is 49.3 Å². The summed E-state index contributed by atoms with van der Waals surface area (Å²) in [4.78, 5) is 42.6. The molecule has 0 aliphatic heterocycles. The molecule has 1 aliphatic rings.